The first kappa shape index (κ1) is 13.3. The van der Waals surface area contributed by atoms with Gasteiger partial charge in [0.15, 0.2) is 0 Å². The summed E-state index contributed by atoms with van der Waals surface area (Å²) in [6.07, 6.45) is -0.593. The number of carboxylic acid groups (broad SMARTS) is 2. The van der Waals surface area contributed by atoms with Crippen LogP contribution in [0.2, 0.25) is 0 Å². The Hall–Kier alpha value is -1.32. The van der Waals surface area contributed by atoms with Gasteiger partial charge < -0.3 is 10.2 Å². The third-order valence-electron chi connectivity index (χ3n) is 0.553. The van der Waals surface area contributed by atoms with Crippen LogP contribution in [0.25, 0.3) is 0 Å². The van der Waals surface area contributed by atoms with E-state index in [1.54, 1.807) is 0 Å². The Morgan fingerprint density at radius 2 is 1.25 bits per heavy atom. The molecule has 0 aliphatic heterocycles. The largest absolute Gasteiger partial charge is 0.481 e. The summed E-state index contributed by atoms with van der Waals surface area (Å²) in [5.74, 6) is -2.15. The summed E-state index contributed by atoms with van der Waals surface area (Å²) < 4.78 is 0. The van der Waals surface area contributed by atoms with E-state index in [1.807, 2.05) is 13.8 Å². The number of aliphatic carboxylic acids is 2. The molecule has 0 bridgehead atoms. The van der Waals surface area contributed by atoms with Gasteiger partial charge in [-0.3, -0.25) is 9.59 Å². The third kappa shape index (κ3) is 37.8. The van der Waals surface area contributed by atoms with Gasteiger partial charge in [-0.15, -0.1) is 6.58 Å². The van der Waals surface area contributed by atoms with Crippen molar-refractivity contribution >= 4 is 11.9 Å². The molecule has 0 aliphatic rings. The maximum Gasteiger partial charge on any atom is 0.303 e. The second kappa shape index (κ2) is 7.78. The van der Waals surface area contributed by atoms with Crippen molar-refractivity contribution in [2.45, 2.75) is 26.7 Å². The van der Waals surface area contributed by atoms with Gasteiger partial charge in [0.05, 0.1) is 12.8 Å². The van der Waals surface area contributed by atoms with Gasteiger partial charge in [0.25, 0.3) is 0 Å². The van der Waals surface area contributed by atoms with Crippen LogP contribution in [-0.2, 0) is 9.59 Å². The fourth-order valence-corrected chi connectivity index (χ4v) is 0.214. The van der Waals surface area contributed by atoms with Crippen LogP contribution in [0.1, 0.15) is 26.7 Å². The number of rotatable bonds is 3. The summed E-state index contributed by atoms with van der Waals surface area (Å²) in [5.41, 5.74) is 1.17. The van der Waals surface area contributed by atoms with E-state index in [0.29, 0.717) is 0 Å². The van der Waals surface area contributed by atoms with Crippen LogP contribution in [0.5, 0.6) is 0 Å². The molecule has 0 spiro atoms. The molecule has 4 nitrogen and oxygen atoms in total. The maximum absolute atomic E-state index is 9.64. The van der Waals surface area contributed by atoms with Gasteiger partial charge >= 0.3 is 11.9 Å². The molecule has 0 amide bonds. The average Bonchev–Trinajstić information content (AvgIpc) is 1.82. The Kier molecular flexibility index (Phi) is 8.62. The van der Waals surface area contributed by atoms with E-state index in [1.165, 1.54) is 5.57 Å². The SMILES string of the molecule is C=C(C)C.O=C(O)CCC(=O)O. The van der Waals surface area contributed by atoms with Gasteiger partial charge in [0.1, 0.15) is 0 Å². The van der Waals surface area contributed by atoms with E-state index in [0.717, 1.165) is 0 Å². The third-order valence-corrected chi connectivity index (χ3v) is 0.553. The average molecular weight is 174 g/mol. The van der Waals surface area contributed by atoms with Crippen molar-refractivity contribution in [3.05, 3.63) is 12.2 Å². The molecule has 12 heavy (non-hydrogen) atoms. The Bertz CT molecular complexity index is 154. The Labute approximate surface area is 71.5 Å². The highest BCUT2D eigenvalue weighted by Gasteiger charge is 2.00. The highest BCUT2D eigenvalue weighted by atomic mass is 16.4. The number of hydrogen-bond acceptors (Lipinski definition) is 2. The predicted molar refractivity (Wildman–Crippen MR) is 45.0 cm³/mol. The summed E-state index contributed by atoms with van der Waals surface area (Å²) >= 11 is 0. The lowest BCUT2D eigenvalue weighted by atomic mass is 10.3. The van der Waals surface area contributed by atoms with Crippen molar-refractivity contribution in [1.82, 2.24) is 0 Å². The van der Waals surface area contributed by atoms with Crippen LogP contribution in [0.15, 0.2) is 12.2 Å². The minimum absolute atomic E-state index is 0.296. The zero-order chi connectivity index (χ0) is 10.1. The van der Waals surface area contributed by atoms with E-state index in [4.69, 9.17) is 10.2 Å². The quantitative estimate of drug-likeness (QED) is 0.636. The minimum Gasteiger partial charge on any atom is -0.481 e. The van der Waals surface area contributed by atoms with Crippen molar-refractivity contribution in [3.63, 3.8) is 0 Å². The highest BCUT2D eigenvalue weighted by Crippen LogP contribution is 1.86. The van der Waals surface area contributed by atoms with Gasteiger partial charge in [-0.05, 0) is 13.8 Å². The monoisotopic (exact) mass is 174 g/mol. The summed E-state index contributed by atoms with van der Waals surface area (Å²) in [7, 11) is 0. The van der Waals surface area contributed by atoms with Crippen LogP contribution in [0.3, 0.4) is 0 Å². The van der Waals surface area contributed by atoms with Crippen molar-refractivity contribution in [3.8, 4) is 0 Å². The molecule has 4 heteroatoms. The van der Waals surface area contributed by atoms with Gasteiger partial charge in [-0.2, -0.15) is 0 Å². The highest BCUT2D eigenvalue weighted by molar-refractivity contribution is 5.75. The van der Waals surface area contributed by atoms with Crippen LogP contribution < -0.4 is 0 Å². The van der Waals surface area contributed by atoms with Gasteiger partial charge in [0.2, 0.25) is 0 Å². The lowest BCUT2D eigenvalue weighted by Gasteiger charge is -1.85. The number of carboxylic acids is 2. The van der Waals surface area contributed by atoms with Crippen molar-refractivity contribution < 1.29 is 19.8 Å². The molecule has 0 aliphatic carbocycles. The Morgan fingerprint density at radius 1 is 1.08 bits per heavy atom. The molecule has 70 valence electrons. The van der Waals surface area contributed by atoms with Crippen LogP contribution >= 0.6 is 0 Å². The summed E-state index contributed by atoms with van der Waals surface area (Å²) in [5, 5.41) is 15.8. The standard InChI is InChI=1S/C4H6O4.C4H8/c5-3(6)1-2-4(7)8;1-4(2)3/h1-2H2,(H,5,6)(H,7,8);1H2,2-3H3. The van der Waals surface area contributed by atoms with E-state index in [9.17, 15) is 9.59 Å². The first-order chi connectivity index (χ1) is 5.36. The molecule has 0 saturated heterocycles. The molecule has 0 fully saturated rings. The molecule has 2 N–H and O–H groups in total. The van der Waals surface area contributed by atoms with Crippen molar-refractivity contribution in [2.24, 2.45) is 0 Å². The molecule has 0 saturated carbocycles. The molecule has 0 aromatic heterocycles. The van der Waals surface area contributed by atoms with E-state index in [2.05, 4.69) is 6.58 Å². The van der Waals surface area contributed by atoms with E-state index < -0.39 is 11.9 Å². The van der Waals surface area contributed by atoms with E-state index >= 15 is 0 Å². The van der Waals surface area contributed by atoms with Crippen LogP contribution in [0.4, 0.5) is 0 Å². The van der Waals surface area contributed by atoms with Gasteiger partial charge in [0, 0.05) is 0 Å². The van der Waals surface area contributed by atoms with Crippen molar-refractivity contribution in [1.29, 1.82) is 0 Å². The number of hydrogen-bond donors (Lipinski definition) is 2. The van der Waals surface area contributed by atoms with Gasteiger partial charge in [-0.1, -0.05) is 5.57 Å². The van der Waals surface area contributed by atoms with E-state index in [-0.39, 0.29) is 12.8 Å². The lowest BCUT2D eigenvalue weighted by Crippen LogP contribution is -2.00. The normalized spacial score (nSPS) is 7.83. The minimum atomic E-state index is -1.08. The zero-order valence-corrected chi connectivity index (χ0v) is 7.33. The predicted octanol–water partition coefficient (Wildman–Crippen LogP) is 1.52. The molecule has 0 rings (SSSR count). The molecular weight excluding hydrogens is 160 g/mol. The molecule has 0 aromatic carbocycles. The molecule has 0 aromatic rings. The fourth-order valence-electron chi connectivity index (χ4n) is 0.214. The smallest absolute Gasteiger partial charge is 0.303 e. The topological polar surface area (TPSA) is 74.6 Å². The second-order valence-corrected chi connectivity index (χ2v) is 2.49. The second-order valence-electron chi connectivity index (χ2n) is 2.49. The first-order valence-corrected chi connectivity index (χ1v) is 3.42. The molecule has 0 heterocycles. The summed E-state index contributed by atoms with van der Waals surface area (Å²) in [4.78, 5) is 19.3. The van der Waals surface area contributed by atoms with Crippen LogP contribution in [-0.4, -0.2) is 22.2 Å². The molecule has 0 unspecified atom stereocenters. The maximum atomic E-state index is 9.64. The Balaban J connectivity index is 0. The number of allylic oxidation sites excluding steroid dienone is 1. The first-order valence-electron chi connectivity index (χ1n) is 3.42. The number of carbonyl (C=O) groups is 2. The summed E-state index contributed by atoms with van der Waals surface area (Å²) in [6.45, 7) is 7.50. The lowest BCUT2D eigenvalue weighted by molar-refractivity contribution is -0.143. The summed E-state index contributed by atoms with van der Waals surface area (Å²) in [6, 6.07) is 0. The van der Waals surface area contributed by atoms with Crippen LogP contribution in [0, 0.1) is 0 Å². The van der Waals surface area contributed by atoms with Crippen molar-refractivity contribution in [2.75, 3.05) is 0 Å². The van der Waals surface area contributed by atoms with Gasteiger partial charge in [-0.25, -0.2) is 0 Å². The molecule has 0 radical (unpaired) electrons. The fraction of sp³-hybridized carbons (Fsp3) is 0.500. The zero-order valence-electron chi connectivity index (χ0n) is 7.33. The molecule has 0 atom stereocenters. The Morgan fingerprint density at radius 3 is 1.33 bits per heavy atom. The molecular formula is C8H14O4.